The first kappa shape index (κ1) is 19.5. The van der Waals surface area contributed by atoms with Crippen molar-refractivity contribution in [3.8, 4) is 21.7 Å². The Labute approximate surface area is 177 Å². The number of hydrazone groups is 1. The van der Waals surface area contributed by atoms with E-state index >= 15 is 0 Å². The van der Waals surface area contributed by atoms with Gasteiger partial charge < -0.3 is 0 Å². The van der Waals surface area contributed by atoms with Crippen LogP contribution in [0.3, 0.4) is 0 Å². The van der Waals surface area contributed by atoms with Crippen molar-refractivity contribution in [2.45, 2.75) is 6.92 Å². The fourth-order valence-electron chi connectivity index (χ4n) is 2.94. The van der Waals surface area contributed by atoms with E-state index in [0.717, 1.165) is 21.7 Å². The lowest BCUT2D eigenvalue weighted by Crippen LogP contribution is -1.92. The standard InChI is InChI=1S/C23H18N4O2S/c1-16-10-12-18(13-11-16)21-22(19-7-3-2-4-8-19)30-23(25-21)26-24-15-17-6-5-9-20(14-17)27(28)29/h2-15H,1H3,(H,25,26)/b24-15-. The Hall–Kier alpha value is -3.84. The van der Waals surface area contributed by atoms with Gasteiger partial charge >= 0.3 is 0 Å². The minimum Gasteiger partial charge on any atom is -0.258 e. The molecule has 4 rings (SSSR count). The van der Waals surface area contributed by atoms with Gasteiger partial charge in [-0.3, -0.25) is 15.5 Å². The number of non-ortho nitro benzene ring substituents is 1. The maximum atomic E-state index is 10.9. The predicted molar refractivity (Wildman–Crippen MR) is 122 cm³/mol. The number of aromatic nitrogens is 1. The second kappa shape index (κ2) is 8.67. The van der Waals surface area contributed by atoms with Crippen LogP contribution < -0.4 is 5.43 Å². The maximum absolute atomic E-state index is 10.9. The largest absolute Gasteiger partial charge is 0.270 e. The van der Waals surface area contributed by atoms with Crippen molar-refractivity contribution >= 4 is 28.4 Å². The van der Waals surface area contributed by atoms with Gasteiger partial charge in [-0.15, -0.1) is 0 Å². The second-order valence-electron chi connectivity index (χ2n) is 6.65. The molecule has 1 heterocycles. The van der Waals surface area contributed by atoms with Crippen molar-refractivity contribution < 1.29 is 4.92 Å². The highest BCUT2D eigenvalue weighted by molar-refractivity contribution is 7.19. The van der Waals surface area contributed by atoms with Crippen LogP contribution >= 0.6 is 11.3 Å². The first-order valence-corrected chi connectivity index (χ1v) is 10.1. The van der Waals surface area contributed by atoms with Crippen LogP contribution in [-0.2, 0) is 0 Å². The normalized spacial score (nSPS) is 11.0. The molecule has 0 saturated carbocycles. The Balaban J connectivity index is 1.63. The van der Waals surface area contributed by atoms with Crippen molar-refractivity contribution in [2.24, 2.45) is 5.10 Å². The zero-order valence-corrected chi connectivity index (χ0v) is 17.0. The molecule has 0 spiro atoms. The van der Waals surface area contributed by atoms with Gasteiger partial charge in [0.2, 0.25) is 5.13 Å². The summed E-state index contributed by atoms with van der Waals surface area (Å²) >= 11 is 1.51. The third-order valence-electron chi connectivity index (χ3n) is 4.44. The minimum atomic E-state index is -0.425. The molecule has 0 aliphatic heterocycles. The fraction of sp³-hybridized carbons (Fsp3) is 0.0435. The lowest BCUT2D eigenvalue weighted by Gasteiger charge is -2.03. The quantitative estimate of drug-likeness (QED) is 0.233. The van der Waals surface area contributed by atoms with Gasteiger partial charge in [-0.05, 0) is 12.5 Å². The lowest BCUT2D eigenvalue weighted by atomic mass is 10.1. The molecule has 4 aromatic rings. The van der Waals surface area contributed by atoms with E-state index in [9.17, 15) is 10.1 Å². The monoisotopic (exact) mass is 414 g/mol. The first-order valence-electron chi connectivity index (χ1n) is 9.27. The second-order valence-corrected chi connectivity index (χ2v) is 7.65. The summed E-state index contributed by atoms with van der Waals surface area (Å²) in [4.78, 5) is 16.3. The highest BCUT2D eigenvalue weighted by Gasteiger charge is 2.14. The van der Waals surface area contributed by atoms with E-state index in [2.05, 4.69) is 53.8 Å². The summed E-state index contributed by atoms with van der Waals surface area (Å²) in [5, 5.41) is 15.8. The summed E-state index contributed by atoms with van der Waals surface area (Å²) in [6.07, 6.45) is 1.54. The van der Waals surface area contributed by atoms with E-state index in [-0.39, 0.29) is 5.69 Å². The van der Waals surface area contributed by atoms with E-state index in [1.165, 1.54) is 29.0 Å². The molecule has 0 saturated heterocycles. The summed E-state index contributed by atoms with van der Waals surface area (Å²) in [5.41, 5.74) is 7.82. The molecule has 0 aliphatic rings. The van der Waals surface area contributed by atoms with Crippen LogP contribution in [0.5, 0.6) is 0 Å². The Morgan fingerprint density at radius 3 is 2.50 bits per heavy atom. The van der Waals surface area contributed by atoms with Gasteiger partial charge in [0.15, 0.2) is 0 Å². The number of hydrogen-bond donors (Lipinski definition) is 1. The van der Waals surface area contributed by atoms with Crippen LogP contribution in [0.4, 0.5) is 10.8 Å². The Morgan fingerprint density at radius 1 is 1.00 bits per heavy atom. The summed E-state index contributed by atoms with van der Waals surface area (Å²) in [7, 11) is 0. The van der Waals surface area contributed by atoms with Crippen LogP contribution in [-0.4, -0.2) is 16.1 Å². The van der Waals surface area contributed by atoms with E-state index in [1.54, 1.807) is 18.3 Å². The molecule has 0 amide bonds. The third kappa shape index (κ3) is 4.42. The molecule has 0 bridgehead atoms. The van der Waals surface area contributed by atoms with Crippen LogP contribution in [0.25, 0.3) is 21.7 Å². The van der Waals surface area contributed by atoms with Gasteiger partial charge in [0, 0.05) is 23.3 Å². The maximum Gasteiger partial charge on any atom is 0.270 e. The van der Waals surface area contributed by atoms with Crippen molar-refractivity contribution in [1.82, 2.24) is 4.98 Å². The van der Waals surface area contributed by atoms with Crippen molar-refractivity contribution in [1.29, 1.82) is 0 Å². The zero-order chi connectivity index (χ0) is 20.9. The van der Waals surface area contributed by atoms with Gasteiger partial charge in [-0.1, -0.05) is 83.6 Å². The minimum absolute atomic E-state index is 0.0289. The number of anilines is 1. The van der Waals surface area contributed by atoms with Crippen LogP contribution in [0.1, 0.15) is 11.1 Å². The molecule has 6 nitrogen and oxygen atoms in total. The number of nitro benzene ring substituents is 1. The molecule has 1 N–H and O–H groups in total. The number of rotatable bonds is 6. The SMILES string of the molecule is Cc1ccc(-c2nc(N/N=C\c3cccc([N+](=O)[O-])c3)sc2-c2ccccc2)cc1. The average Bonchev–Trinajstić information content (AvgIpc) is 3.19. The van der Waals surface area contributed by atoms with Gasteiger partial charge in [0.25, 0.3) is 5.69 Å². The molecule has 0 aliphatic carbocycles. The molecular weight excluding hydrogens is 396 g/mol. The molecule has 30 heavy (non-hydrogen) atoms. The number of nitrogens with zero attached hydrogens (tertiary/aromatic N) is 3. The summed E-state index contributed by atoms with van der Waals surface area (Å²) in [5.74, 6) is 0. The van der Waals surface area contributed by atoms with Gasteiger partial charge in [-0.25, -0.2) is 4.98 Å². The Bertz CT molecular complexity index is 1200. The number of aryl methyl sites for hydroxylation is 1. The topological polar surface area (TPSA) is 80.4 Å². The van der Waals surface area contributed by atoms with Crippen molar-refractivity contribution in [3.63, 3.8) is 0 Å². The first-order chi connectivity index (χ1) is 14.6. The highest BCUT2D eigenvalue weighted by Crippen LogP contribution is 2.39. The number of nitro groups is 1. The molecule has 0 atom stereocenters. The molecule has 1 aromatic heterocycles. The highest BCUT2D eigenvalue weighted by atomic mass is 32.1. The molecule has 0 unspecified atom stereocenters. The van der Waals surface area contributed by atoms with Gasteiger partial charge in [0.05, 0.1) is 21.7 Å². The van der Waals surface area contributed by atoms with E-state index in [4.69, 9.17) is 4.98 Å². The van der Waals surface area contributed by atoms with Gasteiger partial charge in [0.1, 0.15) is 0 Å². The van der Waals surface area contributed by atoms with Crippen LogP contribution in [0, 0.1) is 17.0 Å². The Morgan fingerprint density at radius 2 is 1.77 bits per heavy atom. The smallest absolute Gasteiger partial charge is 0.258 e. The zero-order valence-electron chi connectivity index (χ0n) is 16.1. The fourth-order valence-corrected chi connectivity index (χ4v) is 3.88. The van der Waals surface area contributed by atoms with E-state index in [0.29, 0.717) is 10.7 Å². The summed E-state index contributed by atoms with van der Waals surface area (Å²) < 4.78 is 0. The predicted octanol–water partition coefficient (Wildman–Crippen LogP) is 6.14. The lowest BCUT2D eigenvalue weighted by molar-refractivity contribution is -0.384. The molecular formula is C23H18N4O2S. The number of thiazole rings is 1. The van der Waals surface area contributed by atoms with Crippen molar-refractivity contribution in [3.05, 3.63) is 100 Å². The van der Waals surface area contributed by atoms with Gasteiger partial charge in [-0.2, -0.15) is 5.10 Å². The summed E-state index contributed by atoms with van der Waals surface area (Å²) in [6.45, 7) is 2.05. The van der Waals surface area contributed by atoms with Crippen molar-refractivity contribution in [2.75, 3.05) is 5.43 Å². The molecule has 3 aromatic carbocycles. The van der Waals surface area contributed by atoms with E-state index in [1.807, 2.05) is 18.2 Å². The third-order valence-corrected chi connectivity index (χ3v) is 5.45. The number of benzene rings is 3. The Kier molecular flexibility index (Phi) is 5.63. The summed E-state index contributed by atoms with van der Waals surface area (Å²) in [6, 6.07) is 24.7. The average molecular weight is 414 g/mol. The molecule has 0 radical (unpaired) electrons. The van der Waals surface area contributed by atoms with E-state index < -0.39 is 4.92 Å². The molecule has 0 fully saturated rings. The number of hydrogen-bond acceptors (Lipinski definition) is 6. The van der Waals surface area contributed by atoms with Crippen LogP contribution in [0.15, 0.2) is 84.0 Å². The molecule has 7 heteroatoms. The van der Waals surface area contributed by atoms with Crippen LogP contribution in [0.2, 0.25) is 0 Å². The number of nitrogens with one attached hydrogen (secondary N) is 1. The molecule has 148 valence electrons.